The van der Waals surface area contributed by atoms with Gasteiger partial charge in [-0.2, -0.15) is 0 Å². The Kier molecular flexibility index (Phi) is 5.79. The van der Waals surface area contributed by atoms with E-state index in [1.165, 1.54) is 0 Å². The van der Waals surface area contributed by atoms with E-state index in [4.69, 9.17) is 9.84 Å². The molecule has 0 saturated carbocycles. The van der Waals surface area contributed by atoms with E-state index in [1.54, 1.807) is 0 Å². The second kappa shape index (κ2) is 6.09. The smallest absolute Gasteiger partial charge is 0.305 e. The minimum absolute atomic E-state index is 0. The van der Waals surface area contributed by atoms with Gasteiger partial charge in [-0.05, 0) is 0 Å². The SMILES string of the molecule is CC(=O)O[C@H]1O[C@H](CO)[C@@H](O)[C@H](O)[C@@H]1O.O. The Morgan fingerprint density at radius 1 is 1.25 bits per heavy atom. The molecule has 5 atom stereocenters. The van der Waals surface area contributed by atoms with Gasteiger partial charge in [-0.25, -0.2) is 0 Å². The summed E-state index contributed by atoms with van der Waals surface area (Å²) in [6.45, 7) is 0.560. The third kappa shape index (κ3) is 3.11. The van der Waals surface area contributed by atoms with Crippen LogP contribution in [0.3, 0.4) is 0 Å². The topological polar surface area (TPSA) is 148 Å². The number of hydrogen-bond acceptors (Lipinski definition) is 7. The highest BCUT2D eigenvalue weighted by atomic mass is 16.7. The van der Waals surface area contributed by atoms with Crippen LogP contribution in [-0.4, -0.2) is 69.2 Å². The fourth-order valence-electron chi connectivity index (χ4n) is 1.33. The second-order valence-electron chi connectivity index (χ2n) is 3.31. The van der Waals surface area contributed by atoms with Crippen LogP contribution >= 0.6 is 0 Å². The maximum atomic E-state index is 10.6. The van der Waals surface area contributed by atoms with E-state index in [-0.39, 0.29) is 5.48 Å². The summed E-state index contributed by atoms with van der Waals surface area (Å²) in [5.74, 6) is -0.695. The minimum Gasteiger partial charge on any atom is -0.433 e. The Bertz CT molecular complexity index is 230. The van der Waals surface area contributed by atoms with Crippen molar-refractivity contribution in [1.82, 2.24) is 0 Å². The van der Waals surface area contributed by atoms with E-state index in [1.807, 2.05) is 0 Å². The van der Waals surface area contributed by atoms with Crippen molar-refractivity contribution in [2.45, 2.75) is 37.6 Å². The summed E-state index contributed by atoms with van der Waals surface area (Å²) in [4.78, 5) is 10.6. The van der Waals surface area contributed by atoms with E-state index in [0.717, 1.165) is 6.92 Å². The van der Waals surface area contributed by atoms with Crippen LogP contribution in [0.15, 0.2) is 0 Å². The average molecular weight is 240 g/mol. The van der Waals surface area contributed by atoms with Crippen LogP contribution in [0.5, 0.6) is 0 Å². The molecule has 0 bridgehead atoms. The first-order valence-electron chi connectivity index (χ1n) is 4.45. The zero-order valence-corrected chi connectivity index (χ0v) is 8.61. The predicted octanol–water partition coefficient (Wildman–Crippen LogP) is -3.48. The van der Waals surface area contributed by atoms with Crippen molar-refractivity contribution >= 4 is 5.97 Å². The third-order valence-corrected chi connectivity index (χ3v) is 2.13. The fraction of sp³-hybridized carbons (Fsp3) is 0.875. The quantitative estimate of drug-likeness (QED) is 0.366. The molecule has 6 N–H and O–H groups in total. The molecule has 1 rings (SSSR count). The molecule has 0 unspecified atom stereocenters. The molecule has 0 aromatic carbocycles. The van der Waals surface area contributed by atoms with Gasteiger partial charge in [0.05, 0.1) is 6.61 Å². The molecule has 1 aliphatic rings. The van der Waals surface area contributed by atoms with Crippen molar-refractivity contribution in [3.63, 3.8) is 0 Å². The molecule has 0 aliphatic carbocycles. The van der Waals surface area contributed by atoms with Crippen LogP contribution in [-0.2, 0) is 14.3 Å². The molecule has 16 heavy (non-hydrogen) atoms. The van der Waals surface area contributed by atoms with Crippen LogP contribution in [0.4, 0.5) is 0 Å². The number of rotatable bonds is 2. The van der Waals surface area contributed by atoms with Crippen LogP contribution in [0, 0.1) is 0 Å². The number of carbonyl (C=O) groups excluding carboxylic acids is 1. The molecule has 0 spiro atoms. The Hall–Kier alpha value is -0.770. The lowest BCUT2D eigenvalue weighted by Crippen LogP contribution is -2.59. The first-order valence-corrected chi connectivity index (χ1v) is 4.45. The maximum absolute atomic E-state index is 10.6. The predicted molar refractivity (Wildman–Crippen MR) is 49.1 cm³/mol. The molecule has 0 aromatic heterocycles. The molecule has 1 heterocycles. The Morgan fingerprint density at radius 3 is 2.25 bits per heavy atom. The number of esters is 1. The van der Waals surface area contributed by atoms with Crippen molar-refractivity contribution < 1.29 is 40.2 Å². The molecular weight excluding hydrogens is 224 g/mol. The molecule has 1 aliphatic heterocycles. The van der Waals surface area contributed by atoms with Crippen LogP contribution in [0.25, 0.3) is 0 Å². The monoisotopic (exact) mass is 240 g/mol. The zero-order chi connectivity index (χ0) is 11.6. The van der Waals surface area contributed by atoms with E-state index < -0.39 is 43.3 Å². The molecule has 8 nitrogen and oxygen atoms in total. The number of ether oxygens (including phenoxy) is 2. The number of aliphatic hydroxyl groups excluding tert-OH is 4. The van der Waals surface area contributed by atoms with E-state index in [9.17, 15) is 20.1 Å². The molecule has 1 fully saturated rings. The normalized spacial score (nSPS) is 38.7. The van der Waals surface area contributed by atoms with Gasteiger partial charge in [0.2, 0.25) is 6.29 Å². The zero-order valence-electron chi connectivity index (χ0n) is 8.61. The summed E-state index contributed by atoms with van der Waals surface area (Å²) >= 11 is 0. The summed E-state index contributed by atoms with van der Waals surface area (Å²) in [6.07, 6.45) is -6.95. The van der Waals surface area contributed by atoms with Gasteiger partial charge < -0.3 is 35.4 Å². The van der Waals surface area contributed by atoms with E-state index in [2.05, 4.69) is 4.74 Å². The first-order chi connectivity index (χ1) is 6.97. The van der Waals surface area contributed by atoms with E-state index in [0.29, 0.717) is 0 Å². The summed E-state index contributed by atoms with van der Waals surface area (Å²) < 4.78 is 9.45. The first kappa shape index (κ1) is 15.2. The molecule has 0 amide bonds. The Labute approximate surface area is 91.3 Å². The highest BCUT2D eigenvalue weighted by Crippen LogP contribution is 2.21. The van der Waals surface area contributed by atoms with Crippen LogP contribution in [0.2, 0.25) is 0 Å². The van der Waals surface area contributed by atoms with Crippen molar-refractivity contribution in [3.8, 4) is 0 Å². The molecule has 8 heteroatoms. The van der Waals surface area contributed by atoms with Gasteiger partial charge >= 0.3 is 5.97 Å². The maximum Gasteiger partial charge on any atom is 0.305 e. The highest BCUT2D eigenvalue weighted by molar-refractivity contribution is 5.66. The van der Waals surface area contributed by atoms with Gasteiger partial charge in [-0.3, -0.25) is 4.79 Å². The largest absolute Gasteiger partial charge is 0.433 e. The van der Waals surface area contributed by atoms with Crippen LogP contribution < -0.4 is 0 Å². The number of hydrogen-bond donors (Lipinski definition) is 4. The number of carbonyl (C=O) groups is 1. The summed E-state index contributed by atoms with van der Waals surface area (Å²) in [5.41, 5.74) is 0. The van der Waals surface area contributed by atoms with Crippen molar-refractivity contribution in [1.29, 1.82) is 0 Å². The van der Waals surface area contributed by atoms with Crippen molar-refractivity contribution in [3.05, 3.63) is 0 Å². The lowest BCUT2D eigenvalue weighted by atomic mass is 9.99. The lowest BCUT2D eigenvalue weighted by molar-refractivity contribution is -0.292. The van der Waals surface area contributed by atoms with Gasteiger partial charge in [0.1, 0.15) is 24.4 Å². The van der Waals surface area contributed by atoms with Crippen LogP contribution in [0.1, 0.15) is 6.92 Å². The molecular formula is C8H16O8. The van der Waals surface area contributed by atoms with Crippen molar-refractivity contribution in [2.75, 3.05) is 6.61 Å². The average Bonchev–Trinajstić information content (AvgIpc) is 2.18. The standard InChI is InChI=1S/C8H14O7.H2O/c1-3(10)14-8-7(13)6(12)5(11)4(2-9)15-8;/h4-9,11-13H,2H2,1H3;1H2/t4-,5-,6+,7+,8+;/m1./s1. The Balaban J connectivity index is 0.00000225. The van der Waals surface area contributed by atoms with Gasteiger partial charge in [0.25, 0.3) is 0 Å². The molecule has 1 saturated heterocycles. The van der Waals surface area contributed by atoms with Gasteiger partial charge in [-0.15, -0.1) is 0 Å². The summed E-state index contributed by atoms with van der Waals surface area (Å²) in [6, 6.07) is 0. The van der Waals surface area contributed by atoms with Gasteiger partial charge in [-0.1, -0.05) is 0 Å². The second-order valence-corrected chi connectivity index (χ2v) is 3.31. The van der Waals surface area contributed by atoms with Crippen molar-refractivity contribution in [2.24, 2.45) is 0 Å². The molecule has 0 aromatic rings. The minimum atomic E-state index is -1.54. The Morgan fingerprint density at radius 2 is 1.81 bits per heavy atom. The fourth-order valence-corrected chi connectivity index (χ4v) is 1.33. The molecule has 96 valence electrons. The summed E-state index contributed by atoms with van der Waals surface area (Å²) in [5, 5.41) is 36.8. The lowest BCUT2D eigenvalue weighted by Gasteiger charge is -2.38. The van der Waals surface area contributed by atoms with Gasteiger partial charge in [0.15, 0.2) is 0 Å². The molecule has 0 radical (unpaired) electrons. The van der Waals surface area contributed by atoms with Gasteiger partial charge in [0, 0.05) is 6.92 Å². The number of aliphatic hydroxyl groups is 4. The van der Waals surface area contributed by atoms with E-state index >= 15 is 0 Å². The third-order valence-electron chi connectivity index (χ3n) is 2.13. The highest BCUT2D eigenvalue weighted by Gasteiger charge is 2.44. The summed E-state index contributed by atoms with van der Waals surface area (Å²) in [7, 11) is 0.